The summed E-state index contributed by atoms with van der Waals surface area (Å²) in [6, 6.07) is 0.339. The zero-order valence-electron chi connectivity index (χ0n) is 14.0. The minimum absolute atomic E-state index is 0.231. The maximum Gasteiger partial charge on any atom is 0.434 e. The summed E-state index contributed by atoms with van der Waals surface area (Å²) in [5.74, 6) is 0.604. The number of piperidine rings is 1. The molecule has 0 aromatic carbocycles. The highest BCUT2D eigenvalue weighted by Crippen LogP contribution is 2.29. The molecule has 1 saturated heterocycles. The van der Waals surface area contributed by atoms with Crippen LogP contribution in [0.25, 0.3) is 0 Å². The molecule has 24 heavy (non-hydrogen) atoms. The number of halogens is 3. The van der Waals surface area contributed by atoms with E-state index in [0.29, 0.717) is 17.0 Å². The molecule has 0 aliphatic carbocycles. The second-order valence-corrected chi connectivity index (χ2v) is 6.75. The number of thiazole rings is 1. The summed E-state index contributed by atoms with van der Waals surface area (Å²) in [6.45, 7) is 5.66. The molecular formula is C15H24F3N5S. The molecule has 0 amide bonds. The van der Waals surface area contributed by atoms with Crippen LogP contribution in [0, 0.1) is 0 Å². The van der Waals surface area contributed by atoms with Gasteiger partial charge in [-0.25, -0.2) is 4.98 Å². The van der Waals surface area contributed by atoms with Crippen molar-refractivity contribution in [3.63, 3.8) is 0 Å². The van der Waals surface area contributed by atoms with E-state index in [1.54, 1.807) is 7.05 Å². The number of likely N-dealkylation sites (tertiary alicyclic amines) is 1. The average molecular weight is 363 g/mol. The quantitative estimate of drug-likeness (QED) is 0.624. The summed E-state index contributed by atoms with van der Waals surface area (Å²) < 4.78 is 37.6. The fraction of sp³-hybridized carbons (Fsp3) is 0.733. The smallest absolute Gasteiger partial charge is 0.354 e. The fourth-order valence-electron chi connectivity index (χ4n) is 2.69. The Kier molecular flexibility index (Phi) is 6.85. The molecule has 1 aliphatic heterocycles. The van der Waals surface area contributed by atoms with Gasteiger partial charge in [0.05, 0.1) is 6.54 Å². The van der Waals surface area contributed by atoms with Crippen molar-refractivity contribution in [1.82, 2.24) is 20.5 Å². The SMILES string of the molecule is CCCN1CCC(NC(=NC)NCc2nc(C(F)(F)F)cs2)CC1. The Labute approximate surface area is 144 Å². The van der Waals surface area contributed by atoms with E-state index in [4.69, 9.17) is 0 Å². The highest BCUT2D eigenvalue weighted by molar-refractivity contribution is 7.09. The number of guanidine groups is 1. The lowest BCUT2D eigenvalue weighted by atomic mass is 10.1. The molecule has 0 radical (unpaired) electrons. The van der Waals surface area contributed by atoms with Crippen LogP contribution in [-0.4, -0.2) is 48.6 Å². The molecule has 0 bridgehead atoms. The van der Waals surface area contributed by atoms with Crippen LogP contribution in [0.2, 0.25) is 0 Å². The standard InChI is InChI=1S/C15H24F3N5S/c1-3-6-23-7-4-11(5-8-23)21-14(19-2)20-9-13-22-12(10-24-13)15(16,17)18/h10-11H,3-9H2,1-2H3,(H2,19,20,21). The average Bonchev–Trinajstić information content (AvgIpc) is 3.02. The van der Waals surface area contributed by atoms with Gasteiger partial charge in [0.15, 0.2) is 11.7 Å². The highest BCUT2D eigenvalue weighted by Gasteiger charge is 2.33. The third kappa shape index (κ3) is 5.62. The Balaban J connectivity index is 1.78. The first-order valence-electron chi connectivity index (χ1n) is 8.13. The maximum atomic E-state index is 12.5. The van der Waals surface area contributed by atoms with E-state index < -0.39 is 11.9 Å². The van der Waals surface area contributed by atoms with Gasteiger partial charge in [-0.3, -0.25) is 4.99 Å². The van der Waals surface area contributed by atoms with Gasteiger partial charge in [-0.15, -0.1) is 11.3 Å². The van der Waals surface area contributed by atoms with Crippen LogP contribution in [0.15, 0.2) is 10.4 Å². The van der Waals surface area contributed by atoms with E-state index in [9.17, 15) is 13.2 Å². The van der Waals surface area contributed by atoms with Gasteiger partial charge in [0.2, 0.25) is 0 Å². The predicted molar refractivity (Wildman–Crippen MR) is 90.2 cm³/mol. The van der Waals surface area contributed by atoms with Gasteiger partial charge >= 0.3 is 6.18 Å². The van der Waals surface area contributed by atoms with Crippen LogP contribution in [0.4, 0.5) is 13.2 Å². The maximum absolute atomic E-state index is 12.5. The number of nitrogens with one attached hydrogen (secondary N) is 2. The Bertz CT molecular complexity index is 535. The molecular weight excluding hydrogens is 339 g/mol. The van der Waals surface area contributed by atoms with E-state index in [1.165, 1.54) is 0 Å². The van der Waals surface area contributed by atoms with Crippen LogP contribution in [-0.2, 0) is 12.7 Å². The Morgan fingerprint density at radius 2 is 2.12 bits per heavy atom. The molecule has 1 aromatic rings. The summed E-state index contributed by atoms with van der Waals surface area (Å²) in [6.07, 6.45) is -1.15. The van der Waals surface area contributed by atoms with Crippen molar-refractivity contribution in [2.45, 2.75) is 44.9 Å². The first-order chi connectivity index (χ1) is 11.4. The summed E-state index contributed by atoms with van der Waals surface area (Å²) in [4.78, 5) is 10.2. The second-order valence-electron chi connectivity index (χ2n) is 5.81. The van der Waals surface area contributed by atoms with Crippen LogP contribution < -0.4 is 10.6 Å². The number of hydrogen-bond acceptors (Lipinski definition) is 4. The number of aromatic nitrogens is 1. The van der Waals surface area contributed by atoms with Crippen molar-refractivity contribution >= 4 is 17.3 Å². The highest BCUT2D eigenvalue weighted by atomic mass is 32.1. The summed E-state index contributed by atoms with van der Waals surface area (Å²) in [7, 11) is 1.66. The van der Waals surface area contributed by atoms with E-state index in [0.717, 1.165) is 55.6 Å². The summed E-state index contributed by atoms with van der Waals surface area (Å²) in [5.41, 5.74) is -0.837. The van der Waals surface area contributed by atoms with Crippen molar-refractivity contribution in [3.8, 4) is 0 Å². The molecule has 5 nitrogen and oxygen atoms in total. The third-order valence-electron chi connectivity index (χ3n) is 3.94. The Hall–Kier alpha value is -1.35. The second kappa shape index (κ2) is 8.66. The van der Waals surface area contributed by atoms with Crippen molar-refractivity contribution in [2.24, 2.45) is 4.99 Å². The molecule has 9 heteroatoms. The number of alkyl halides is 3. The predicted octanol–water partition coefficient (Wildman–Crippen LogP) is 2.70. The topological polar surface area (TPSA) is 52.5 Å². The van der Waals surface area contributed by atoms with Gasteiger partial charge in [0.1, 0.15) is 5.01 Å². The Morgan fingerprint density at radius 1 is 1.42 bits per heavy atom. The van der Waals surface area contributed by atoms with E-state index in [1.807, 2.05) is 0 Å². The number of rotatable bonds is 5. The van der Waals surface area contributed by atoms with Crippen molar-refractivity contribution in [3.05, 3.63) is 16.1 Å². The number of nitrogens with zero attached hydrogens (tertiary/aromatic N) is 3. The van der Waals surface area contributed by atoms with E-state index in [2.05, 4.69) is 32.4 Å². The van der Waals surface area contributed by atoms with Gasteiger partial charge in [0.25, 0.3) is 0 Å². The molecule has 136 valence electrons. The molecule has 1 fully saturated rings. The van der Waals surface area contributed by atoms with Crippen molar-refractivity contribution in [1.29, 1.82) is 0 Å². The van der Waals surface area contributed by atoms with E-state index >= 15 is 0 Å². The van der Waals surface area contributed by atoms with Crippen molar-refractivity contribution < 1.29 is 13.2 Å². The van der Waals surface area contributed by atoms with Gasteiger partial charge in [-0.1, -0.05) is 6.92 Å². The summed E-state index contributed by atoms with van der Waals surface area (Å²) in [5, 5.41) is 7.81. The third-order valence-corrected chi connectivity index (χ3v) is 4.79. The number of aliphatic imine (C=N–C) groups is 1. The molecule has 2 heterocycles. The molecule has 0 atom stereocenters. The largest absolute Gasteiger partial charge is 0.434 e. The lowest BCUT2D eigenvalue weighted by Crippen LogP contribution is -2.48. The van der Waals surface area contributed by atoms with Crippen LogP contribution in [0.3, 0.4) is 0 Å². The molecule has 0 spiro atoms. The van der Waals surface area contributed by atoms with Crippen molar-refractivity contribution in [2.75, 3.05) is 26.7 Å². The first kappa shape index (κ1) is 19.0. The van der Waals surface area contributed by atoms with Gasteiger partial charge in [0, 0.05) is 31.6 Å². The van der Waals surface area contributed by atoms with Gasteiger partial charge in [-0.05, 0) is 25.8 Å². The van der Waals surface area contributed by atoms with Crippen LogP contribution in [0.5, 0.6) is 0 Å². The molecule has 1 aliphatic rings. The number of hydrogen-bond donors (Lipinski definition) is 2. The van der Waals surface area contributed by atoms with Crippen LogP contribution >= 0.6 is 11.3 Å². The molecule has 1 aromatic heterocycles. The molecule has 0 saturated carbocycles. The molecule has 2 N–H and O–H groups in total. The monoisotopic (exact) mass is 363 g/mol. The zero-order chi connectivity index (χ0) is 17.6. The molecule has 0 unspecified atom stereocenters. The lowest BCUT2D eigenvalue weighted by molar-refractivity contribution is -0.140. The van der Waals surface area contributed by atoms with Gasteiger partial charge < -0.3 is 15.5 Å². The molecule has 2 rings (SSSR count). The fourth-order valence-corrected chi connectivity index (χ4v) is 3.43. The first-order valence-corrected chi connectivity index (χ1v) is 9.01. The minimum atomic E-state index is -4.39. The zero-order valence-corrected chi connectivity index (χ0v) is 14.8. The normalized spacial score (nSPS) is 18.0. The Morgan fingerprint density at radius 3 is 2.67 bits per heavy atom. The van der Waals surface area contributed by atoms with E-state index in [-0.39, 0.29) is 6.54 Å². The lowest BCUT2D eigenvalue weighted by Gasteiger charge is -2.32. The van der Waals surface area contributed by atoms with Crippen LogP contribution in [0.1, 0.15) is 36.9 Å². The summed E-state index contributed by atoms with van der Waals surface area (Å²) >= 11 is 0.998. The van der Waals surface area contributed by atoms with Gasteiger partial charge in [-0.2, -0.15) is 13.2 Å². The minimum Gasteiger partial charge on any atom is -0.354 e.